The van der Waals surface area contributed by atoms with Crippen LogP contribution in [0.25, 0.3) is 0 Å². The van der Waals surface area contributed by atoms with E-state index in [2.05, 4.69) is 53.7 Å². The van der Waals surface area contributed by atoms with Gasteiger partial charge in [0.25, 0.3) is 0 Å². The SMILES string of the molecule is CC.CCC1NC=CN1Cc1ccccc1. The predicted molar refractivity (Wildman–Crippen MR) is 69.7 cm³/mol. The van der Waals surface area contributed by atoms with Gasteiger partial charge in [0.2, 0.25) is 0 Å². The van der Waals surface area contributed by atoms with Gasteiger partial charge in [0.05, 0.1) is 6.17 Å². The Morgan fingerprint density at radius 2 is 1.88 bits per heavy atom. The highest BCUT2D eigenvalue weighted by atomic mass is 15.3. The molecular weight excluding hydrogens is 196 g/mol. The van der Waals surface area contributed by atoms with Gasteiger partial charge in [0, 0.05) is 18.9 Å². The van der Waals surface area contributed by atoms with E-state index in [-0.39, 0.29) is 0 Å². The van der Waals surface area contributed by atoms with E-state index in [0.717, 1.165) is 13.0 Å². The van der Waals surface area contributed by atoms with Gasteiger partial charge in [-0.05, 0) is 12.0 Å². The Morgan fingerprint density at radius 3 is 2.50 bits per heavy atom. The molecule has 0 amide bonds. The number of hydrogen-bond acceptors (Lipinski definition) is 2. The third kappa shape index (κ3) is 3.30. The molecule has 0 aromatic heterocycles. The topological polar surface area (TPSA) is 15.3 Å². The zero-order chi connectivity index (χ0) is 11.8. The van der Waals surface area contributed by atoms with Gasteiger partial charge in [-0.2, -0.15) is 0 Å². The van der Waals surface area contributed by atoms with Gasteiger partial charge in [-0.3, -0.25) is 0 Å². The van der Waals surface area contributed by atoms with Gasteiger partial charge in [-0.15, -0.1) is 0 Å². The van der Waals surface area contributed by atoms with Gasteiger partial charge in [0.1, 0.15) is 0 Å². The Balaban J connectivity index is 0.000000606. The standard InChI is InChI=1S/C12H16N2.C2H6/c1-2-12-13-8-9-14(12)10-11-6-4-3-5-7-11;1-2/h3-9,12-13H,2,10H2,1H3;1-2H3. The molecule has 2 nitrogen and oxygen atoms in total. The molecule has 1 aromatic rings. The van der Waals surface area contributed by atoms with Crippen molar-refractivity contribution in [2.24, 2.45) is 0 Å². The predicted octanol–water partition coefficient (Wildman–Crippen LogP) is 3.33. The molecule has 1 N–H and O–H groups in total. The third-order valence-electron chi connectivity index (χ3n) is 2.55. The molecule has 2 rings (SSSR count). The van der Waals surface area contributed by atoms with Crippen LogP contribution in [-0.4, -0.2) is 11.1 Å². The van der Waals surface area contributed by atoms with Crippen molar-refractivity contribution < 1.29 is 0 Å². The molecule has 1 atom stereocenters. The second kappa shape index (κ2) is 6.94. The maximum absolute atomic E-state index is 3.32. The van der Waals surface area contributed by atoms with Crippen molar-refractivity contribution in [1.29, 1.82) is 0 Å². The molecule has 2 heteroatoms. The van der Waals surface area contributed by atoms with Crippen LogP contribution in [0.5, 0.6) is 0 Å². The fourth-order valence-corrected chi connectivity index (χ4v) is 1.76. The summed E-state index contributed by atoms with van der Waals surface area (Å²) >= 11 is 0. The van der Waals surface area contributed by atoms with Gasteiger partial charge < -0.3 is 10.2 Å². The summed E-state index contributed by atoms with van der Waals surface area (Å²) in [5, 5.41) is 3.32. The van der Waals surface area contributed by atoms with Crippen molar-refractivity contribution in [3.63, 3.8) is 0 Å². The highest BCUT2D eigenvalue weighted by Gasteiger charge is 2.15. The average molecular weight is 218 g/mol. The first-order chi connectivity index (χ1) is 7.90. The van der Waals surface area contributed by atoms with E-state index < -0.39 is 0 Å². The lowest BCUT2D eigenvalue weighted by atomic mass is 10.2. The minimum Gasteiger partial charge on any atom is -0.370 e. The molecule has 0 radical (unpaired) electrons. The highest BCUT2D eigenvalue weighted by molar-refractivity contribution is 5.15. The highest BCUT2D eigenvalue weighted by Crippen LogP contribution is 2.12. The Labute approximate surface area is 99.0 Å². The van der Waals surface area contributed by atoms with Crippen molar-refractivity contribution >= 4 is 0 Å². The summed E-state index contributed by atoms with van der Waals surface area (Å²) in [6.45, 7) is 7.19. The molecule has 0 aliphatic carbocycles. The van der Waals surface area contributed by atoms with Gasteiger partial charge in [0.15, 0.2) is 0 Å². The lowest BCUT2D eigenvalue weighted by Gasteiger charge is -2.24. The fourth-order valence-electron chi connectivity index (χ4n) is 1.76. The second-order valence-corrected chi connectivity index (χ2v) is 3.56. The van der Waals surface area contributed by atoms with Crippen molar-refractivity contribution in [3.8, 4) is 0 Å². The van der Waals surface area contributed by atoms with Crippen LogP contribution in [0.15, 0.2) is 42.7 Å². The lowest BCUT2D eigenvalue weighted by molar-refractivity contribution is 0.264. The van der Waals surface area contributed by atoms with Crippen LogP contribution in [-0.2, 0) is 6.54 Å². The van der Waals surface area contributed by atoms with Crippen molar-refractivity contribution in [1.82, 2.24) is 10.2 Å². The molecule has 1 unspecified atom stereocenters. The normalized spacial score (nSPS) is 17.7. The van der Waals surface area contributed by atoms with E-state index in [0.29, 0.717) is 6.17 Å². The Hall–Kier alpha value is -1.44. The molecule has 1 aromatic carbocycles. The first kappa shape index (κ1) is 12.6. The van der Waals surface area contributed by atoms with Gasteiger partial charge in [-0.25, -0.2) is 0 Å². The Morgan fingerprint density at radius 1 is 1.19 bits per heavy atom. The average Bonchev–Trinajstić information content (AvgIpc) is 2.80. The summed E-state index contributed by atoms with van der Waals surface area (Å²) in [5.74, 6) is 0. The quantitative estimate of drug-likeness (QED) is 0.837. The molecule has 88 valence electrons. The van der Waals surface area contributed by atoms with Crippen LogP contribution >= 0.6 is 0 Å². The van der Waals surface area contributed by atoms with Crippen molar-refractivity contribution in [3.05, 3.63) is 48.3 Å². The minimum atomic E-state index is 0.468. The molecule has 0 saturated carbocycles. The molecule has 0 fully saturated rings. The van der Waals surface area contributed by atoms with Crippen LogP contribution in [0.1, 0.15) is 32.8 Å². The minimum absolute atomic E-state index is 0.468. The Kier molecular flexibility index (Phi) is 5.48. The van der Waals surface area contributed by atoms with E-state index in [1.165, 1.54) is 5.56 Å². The number of hydrogen-bond donors (Lipinski definition) is 1. The molecule has 0 spiro atoms. The maximum atomic E-state index is 3.32. The van der Waals surface area contributed by atoms with E-state index in [4.69, 9.17) is 0 Å². The zero-order valence-corrected chi connectivity index (χ0v) is 10.5. The summed E-state index contributed by atoms with van der Waals surface area (Å²) in [5.41, 5.74) is 1.36. The van der Waals surface area contributed by atoms with Crippen LogP contribution in [0, 0.1) is 0 Å². The smallest absolute Gasteiger partial charge is 0.0982 e. The summed E-state index contributed by atoms with van der Waals surface area (Å²) in [6, 6.07) is 10.6. The van der Waals surface area contributed by atoms with Gasteiger partial charge in [-0.1, -0.05) is 51.1 Å². The molecule has 0 bridgehead atoms. The van der Waals surface area contributed by atoms with Crippen molar-refractivity contribution in [2.75, 3.05) is 0 Å². The summed E-state index contributed by atoms with van der Waals surface area (Å²) < 4.78 is 0. The molecular formula is C14H22N2. The van der Waals surface area contributed by atoms with Crippen LogP contribution < -0.4 is 5.32 Å². The van der Waals surface area contributed by atoms with Crippen LogP contribution in [0.2, 0.25) is 0 Å². The summed E-state index contributed by atoms with van der Waals surface area (Å²) in [7, 11) is 0. The summed E-state index contributed by atoms with van der Waals surface area (Å²) in [4.78, 5) is 2.33. The number of rotatable bonds is 3. The van der Waals surface area contributed by atoms with Crippen LogP contribution in [0.4, 0.5) is 0 Å². The monoisotopic (exact) mass is 218 g/mol. The number of benzene rings is 1. The summed E-state index contributed by atoms with van der Waals surface area (Å²) in [6.07, 6.45) is 5.74. The van der Waals surface area contributed by atoms with Crippen LogP contribution in [0.3, 0.4) is 0 Å². The first-order valence-electron chi connectivity index (χ1n) is 6.12. The molecule has 0 saturated heterocycles. The fraction of sp³-hybridized carbons (Fsp3) is 0.429. The largest absolute Gasteiger partial charge is 0.370 e. The van der Waals surface area contributed by atoms with E-state index in [1.54, 1.807) is 0 Å². The van der Waals surface area contributed by atoms with E-state index in [1.807, 2.05) is 20.0 Å². The van der Waals surface area contributed by atoms with E-state index >= 15 is 0 Å². The van der Waals surface area contributed by atoms with E-state index in [9.17, 15) is 0 Å². The molecule has 1 aliphatic heterocycles. The first-order valence-corrected chi connectivity index (χ1v) is 6.12. The van der Waals surface area contributed by atoms with Crippen molar-refractivity contribution in [2.45, 2.75) is 39.9 Å². The zero-order valence-electron chi connectivity index (χ0n) is 10.5. The molecule has 1 aliphatic rings. The lowest BCUT2D eigenvalue weighted by Crippen LogP contribution is -2.33. The van der Waals surface area contributed by atoms with Gasteiger partial charge >= 0.3 is 0 Å². The second-order valence-electron chi connectivity index (χ2n) is 3.56. The molecule has 1 heterocycles. The number of nitrogens with zero attached hydrogens (tertiary/aromatic N) is 1. The third-order valence-corrected chi connectivity index (χ3v) is 2.55. The Bertz CT molecular complexity index is 306. The maximum Gasteiger partial charge on any atom is 0.0982 e. The molecule has 16 heavy (non-hydrogen) atoms. The number of nitrogens with one attached hydrogen (secondary N) is 1.